The molecule has 0 N–H and O–H groups in total. The summed E-state index contributed by atoms with van der Waals surface area (Å²) in [7, 11) is -2.54. The van der Waals surface area contributed by atoms with Gasteiger partial charge in [0.1, 0.15) is 11.7 Å². The summed E-state index contributed by atoms with van der Waals surface area (Å²) in [4.78, 5) is 24.4. The molecular weight excluding hydrogens is 362 g/mol. The minimum Gasteiger partial charge on any atom is -0.467 e. The fourth-order valence-electron chi connectivity index (χ4n) is 3.20. The Morgan fingerprint density at radius 2 is 2.04 bits per heavy atom. The number of esters is 1. The van der Waals surface area contributed by atoms with Crippen LogP contribution in [-0.4, -0.2) is 56.4 Å². The van der Waals surface area contributed by atoms with E-state index in [1.165, 1.54) is 23.5 Å². The number of benzene rings is 1. The monoisotopic (exact) mass is 385 g/mol. The number of rotatable bonds is 7. The standard InChI is InChI=1S/C16H23N3O6S/c1-4-17(5-2)26(23,24)12-8-9-13(15(11-12)19(21)22)18-10-6-7-14(18)16(20)25-3/h8-9,11,14H,4-7,10H2,1-3H3/t14-/m0/s1. The van der Waals surface area contributed by atoms with Crippen LogP contribution in [0.15, 0.2) is 23.1 Å². The zero-order chi connectivity index (χ0) is 19.5. The first-order valence-electron chi connectivity index (χ1n) is 8.40. The first-order chi connectivity index (χ1) is 12.3. The number of carbonyl (C=O) groups excluding carboxylic acids is 1. The number of hydrogen-bond acceptors (Lipinski definition) is 7. The molecular formula is C16H23N3O6S. The van der Waals surface area contributed by atoms with Crippen LogP contribution in [0.2, 0.25) is 0 Å². The molecule has 1 aromatic carbocycles. The molecule has 9 nitrogen and oxygen atoms in total. The van der Waals surface area contributed by atoms with Gasteiger partial charge in [-0.05, 0) is 25.0 Å². The molecule has 0 aliphatic carbocycles. The van der Waals surface area contributed by atoms with Gasteiger partial charge in [0.25, 0.3) is 5.69 Å². The fourth-order valence-corrected chi connectivity index (χ4v) is 4.68. The fraction of sp³-hybridized carbons (Fsp3) is 0.562. The van der Waals surface area contributed by atoms with Crippen molar-refractivity contribution in [1.29, 1.82) is 0 Å². The number of nitro benzene ring substituents is 1. The van der Waals surface area contributed by atoms with Gasteiger partial charge in [0.15, 0.2) is 0 Å². The average molecular weight is 385 g/mol. The van der Waals surface area contributed by atoms with Crippen molar-refractivity contribution >= 4 is 27.4 Å². The van der Waals surface area contributed by atoms with Crippen molar-refractivity contribution < 1.29 is 22.9 Å². The van der Waals surface area contributed by atoms with Crippen LogP contribution in [-0.2, 0) is 19.6 Å². The van der Waals surface area contributed by atoms with E-state index in [1.807, 2.05) is 0 Å². The molecule has 10 heteroatoms. The van der Waals surface area contributed by atoms with Crippen molar-refractivity contribution in [2.75, 3.05) is 31.6 Å². The molecule has 0 spiro atoms. The van der Waals surface area contributed by atoms with E-state index < -0.39 is 27.0 Å². The second kappa shape index (κ2) is 8.00. The van der Waals surface area contributed by atoms with Crippen molar-refractivity contribution in [2.45, 2.75) is 37.6 Å². The van der Waals surface area contributed by atoms with E-state index in [0.29, 0.717) is 19.4 Å². The number of carbonyl (C=O) groups is 1. The Bertz CT molecular complexity index is 791. The van der Waals surface area contributed by atoms with Gasteiger partial charge in [-0.1, -0.05) is 13.8 Å². The number of ether oxygens (including phenoxy) is 1. The predicted molar refractivity (Wildman–Crippen MR) is 95.6 cm³/mol. The highest BCUT2D eigenvalue weighted by Crippen LogP contribution is 2.36. The van der Waals surface area contributed by atoms with Gasteiger partial charge in [-0.2, -0.15) is 4.31 Å². The largest absolute Gasteiger partial charge is 0.467 e. The van der Waals surface area contributed by atoms with Crippen LogP contribution in [0, 0.1) is 10.1 Å². The average Bonchev–Trinajstić information content (AvgIpc) is 3.10. The summed E-state index contributed by atoms with van der Waals surface area (Å²) in [6, 6.07) is 3.21. The SMILES string of the molecule is CCN(CC)S(=O)(=O)c1ccc(N2CCC[C@H]2C(=O)OC)c([N+](=O)[O-])c1. The topological polar surface area (TPSA) is 110 Å². The second-order valence-corrected chi connectivity index (χ2v) is 7.81. The quantitative estimate of drug-likeness (QED) is 0.399. The highest BCUT2D eigenvalue weighted by atomic mass is 32.2. The first-order valence-corrected chi connectivity index (χ1v) is 9.85. The van der Waals surface area contributed by atoms with Crippen LogP contribution in [0.4, 0.5) is 11.4 Å². The van der Waals surface area contributed by atoms with Crippen LogP contribution in [0.1, 0.15) is 26.7 Å². The zero-order valence-electron chi connectivity index (χ0n) is 15.0. The molecule has 1 aliphatic heterocycles. The summed E-state index contributed by atoms with van der Waals surface area (Å²) in [6.07, 6.45) is 1.22. The minimum absolute atomic E-state index is 0.134. The van der Waals surface area contributed by atoms with E-state index in [9.17, 15) is 23.3 Å². The molecule has 1 aromatic rings. The van der Waals surface area contributed by atoms with Crippen molar-refractivity contribution in [2.24, 2.45) is 0 Å². The maximum atomic E-state index is 12.6. The molecule has 0 aromatic heterocycles. The van der Waals surface area contributed by atoms with Gasteiger partial charge in [0, 0.05) is 25.7 Å². The van der Waals surface area contributed by atoms with Crippen LogP contribution < -0.4 is 4.90 Å². The summed E-state index contributed by atoms with van der Waals surface area (Å²) in [6.45, 7) is 4.41. The molecule has 1 aliphatic rings. The predicted octanol–water partition coefficient (Wildman–Crippen LogP) is 1.77. The molecule has 0 radical (unpaired) electrons. The molecule has 1 fully saturated rings. The summed E-state index contributed by atoms with van der Waals surface area (Å²) in [5, 5.41) is 11.6. The number of nitro groups is 1. The molecule has 26 heavy (non-hydrogen) atoms. The van der Waals surface area contributed by atoms with Gasteiger partial charge in [0.05, 0.1) is 16.9 Å². The lowest BCUT2D eigenvalue weighted by Crippen LogP contribution is -2.37. The van der Waals surface area contributed by atoms with E-state index >= 15 is 0 Å². The summed E-state index contributed by atoms with van der Waals surface area (Å²) in [5.41, 5.74) is -0.115. The highest BCUT2D eigenvalue weighted by Gasteiger charge is 2.36. The lowest BCUT2D eigenvalue weighted by Gasteiger charge is -2.25. The maximum absolute atomic E-state index is 12.6. The molecule has 0 amide bonds. The summed E-state index contributed by atoms with van der Waals surface area (Å²) >= 11 is 0. The van der Waals surface area contributed by atoms with Crippen molar-refractivity contribution in [3.8, 4) is 0 Å². The number of anilines is 1. The van der Waals surface area contributed by atoms with Crippen LogP contribution in [0.25, 0.3) is 0 Å². The third-order valence-corrected chi connectivity index (χ3v) is 6.57. The molecule has 0 saturated carbocycles. The number of hydrogen-bond donors (Lipinski definition) is 0. The normalized spacial score (nSPS) is 17.5. The van der Waals surface area contributed by atoms with E-state index in [-0.39, 0.29) is 29.4 Å². The van der Waals surface area contributed by atoms with Crippen molar-refractivity contribution in [3.05, 3.63) is 28.3 Å². The van der Waals surface area contributed by atoms with Gasteiger partial charge in [-0.3, -0.25) is 10.1 Å². The van der Waals surface area contributed by atoms with E-state index in [4.69, 9.17) is 4.74 Å². The minimum atomic E-state index is -3.81. The van der Waals surface area contributed by atoms with Crippen molar-refractivity contribution in [1.82, 2.24) is 4.31 Å². The smallest absolute Gasteiger partial charge is 0.328 e. The summed E-state index contributed by atoms with van der Waals surface area (Å²) < 4.78 is 31.3. The van der Waals surface area contributed by atoms with E-state index in [2.05, 4.69) is 0 Å². The van der Waals surface area contributed by atoms with Crippen LogP contribution in [0.3, 0.4) is 0 Å². The Labute approximate surface area is 152 Å². The van der Waals surface area contributed by atoms with E-state index in [0.717, 1.165) is 6.07 Å². The number of nitrogens with zero attached hydrogens (tertiary/aromatic N) is 3. The molecule has 0 bridgehead atoms. The molecule has 2 rings (SSSR count). The Morgan fingerprint density at radius 1 is 1.38 bits per heavy atom. The second-order valence-electron chi connectivity index (χ2n) is 5.87. The molecule has 0 unspecified atom stereocenters. The number of sulfonamides is 1. The lowest BCUT2D eigenvalue weighted by atomic mass is 10.2. The third-order valence-electron chi connectivity index (χ3n) is 4.52. The molecule has 1 saturated heterocycles. The molecule has 144 valence electrons. The van der Waals surface area contributed by atoms with E-state index in [1.54, 1.807) is 18.7 Å². The first kappa shape index (κ1) is 20.1. The lowest BCUT2D eigenvalue weighted by molar-refractivity contribution is -0.384. The van der Waals surface area contributed by atoms with Crippen LogP contribution >= 0.6 is 0 Å². The third kappa shape index (κ3) is 3.65. The van der Waals surface area contributed by atoms with Gasteiger partial charge in [0.2, 0.25) is 10.0 Å². The van der Waals surface area contributed by atoms with Gasteiger partial charge >= 0.3 is 5.97 Å². The van der Waals surface area contributed by atoms with Crippen LogP contribution in [0.5, 0.6) is 0 Å². The van der Waals surface area contributed by atoms with Gasteiger partial charge in [-0.15, -0.1) is 0 Å². The van der Waals surface area contributed by atoms with Gasteiger partial charge in [-0.25, -0.2) is 13.2 Å². The molecule has 1 heterocycles. The maximum Gasteiger partial charge on any atom is 0.328 e. The van der Waals surface area contributed by atoms with Gasteiger partial charge < -0.3 is 9.64 Å². The summed E-state index contributed by atoms with van der Waals surface area (Å²) in [5.74, 6) is -0.461. The Hall–Kier alpha value is -2.20. The highest BCUT2D eigenvalue weighted by molar-refractivity contribution is 7.89. The molecule has 1 atom stereocenters. The van der Waals surface area contributed by atoms with Crippen molar-refractivity contribution in [3.63, 3.8) is 0 Å². The number of methoxy groups -OCH3 is 1. The Morgan fingerprint density at radius 3 is 2.58 bits per heavy atom. The Balaban J connectivity index is 2.51. The zero-order valence-corrected chi connectivity index (χ0v) is 15.9. The Kier molecular flexibility index (Phi) is 6.19.